The van der Waals surface area contributed by atoms with E-state index < -0.39 is 32.5 Å². The van der Waals surface area contributed by atoms with Crippen LogP contribution in [0.4, 0.5) is 15.8 Å². The molecule has 180 valence electrons. The first kappa shape index (κ1) is 24.9. The van der Waals surface area contributed by atoms with Crippen molar-refractivity contribution in [2.75, 3.05) is 62.3 Å². The molecule has 0 aliphatic carbocycles. The Morgan fingerprint density at radius 3 is 2.03 bits per heavy atom. The lowest BCUT2D eigenvalue weighted by molar-refractivity contribution is -0.129. The van der Waals surface area contributed by atoms with Gasteiger partial charge in [0.05, 0.1) is 22.5 Å². The highest BCUT2D eigenvalue weighted by molar-refractivity contribution is 7.92. The van der Waals surface area contributed by atoms with Crippen LogP contribution in [0.15, 0.2) is 53.4 Å². The van der Waals surface area contributed by atoms with Crippen LogP contribution in [-0.4, -0.2) is 85.0 Å². The predicted octanol–water partition coefficient (Wildman–Crippen LogP) is 1.19. The summed E-state index contributed by atoms with van der Waals surface area (Å²) < 4.78 is 65.3. The molecule has 0 atom stereocenters. The monoisotopic (exact) mass is 498 g/mol. The van der Waals surface area contributed by atoms with E-state index >= 15 is 0 Å². The summed E-state index contributed by atoms with van der Waals surface area (Å²) in [6.07, 6.45) is 0.987. The highest BCUT2D eigenvalue weighted by Crippen LogP contribution is 2.23. The lowest BCUT2D eigenvalue weighted by atomic mass is 10.2. The van der Waals surface area contributed by atoms with Crippen molar-refractivity contribution < 1.29 is 26.0 Å². The number of anilines is 2. The van der Waals surface area contributed by atoms with Gasteiger partial charge in [-0.15, -0.1) is 0 Å². The third kappa shape index (κ3) is 5.63. The molecule has 1 aliphatic rings. The van der Waals surface area contributed by atoms with Crippen LogP contribution in [0.3, 0.4) is 0 Å². The van der Waals surface area contributed by atoms with Gasteiger partial charge in [-0.25, -0.2) is 25.5 Å². The number of amides is 1. The zero-order valence-electron chi connectivity index (χ0n) is 18.7. The Kier molecular flexibility index (Phi) is 7.29. The average molecular weight is 499 g/mol. The van der Waals surface area contributed by atoms with Crippen LogP contribution < -0.4 is 9.21 Å². The van der Waals surface area contributed by atoms with Gasteiger partial charge in [-0.05, 0) is 36.4 Å². The quantitative estimate of drug-likeness (QED) is 0.569. The fourth-order valence-electron chi connectivity index (χ4n) is 3.52. The van der Waals surface area contributed by atoms with Crippen LogP contribution in [0.1, 0.15) is 0 Å². The van der Waals surface area contributed by atoms with Gasteiger partial charge in [-0.2, -0.15) is 0 Å². The van der Waals surface area contributed by atoms with Crippen LogP contribution >= 0.6 is 0 Å². The number of piperazine rings is 1. The molecule has 2 aromatic rings. The third-order valence-electron chi connectivity index (χ3n) is 5.41. The Balaban J connectivity index is 1.72. The second kappa shape index (κ2) is 9.65. The highest BCUT2D eigenvalue weighted by Gasteiger charge is 2.28. The minimum atomic E-state index is -3.81. The average Bonchev–Trinajstić information content (AvgIpc) is 2.77. The van der Waals surface area contributed by atoms with Crippen molar-refractivity contribution in [3.05, 3.63) is 54.3 Å². The van der Waals surface area contributed by atoms with Crippen LogP contribution in [0.5, 0.6) is 0 Å². The number of benzene rings is 2. The summed E-state index contributed by atoms with van der Waals surface area (Å²) in [5.74, 6) is -0.723. The zero-order valence-corrected chi connectivity index (χ0v) is 20.3. The number of nitrogens with zero attached hydrogens (tertiary/aromatic N) is 4. The van der Waals surface area contributed by atoms with E-state index in [1.54, 1.807) is 23.1 Å². The molecule has 1 fully saturated rings. The number of carbonyl (C=O) groups excluding carboxylic acids is 1. The maximum absolute atomic E-state index is 14.0. The molecule has 0 radical (unpaired) electrons. The fourth-order valence-corrected chi connectivity index (χ4v) is 5.27. The maximum atomic E-state index is 14.0. The topological polar surface area (TPSA) is 98.3 Å². The molecule has 0 unspecified atom stereocenters. The molecule has 1 aliphatic heterocycles. The molecular formula is C21H27FN4O5S2. The minimum Gasteiger partial charge on any atom is -0.366 e. The van der Waals surface area contributed by atoms with Gasteiger partial charge < -0.3 is 9.80 Å². The Hall–Kier alpha value is -2.70. The lowest BCUT2D eigenvalue weighted by Crippen LogP contribution is -2.52. The van der Waals surface area contributed by atoms with Crippen molar-refractivity contribution >= 4 is 37.3 Å². The molecule has 1 heterocycles. The minimum absolute atomic E-state index is 0.0142. The second-order valence-electron chi connectivity index (χ2n) is 7.87. The smallest absolute Gasteiger partial charge is 0.243 e. The Morgan fingerprint density at radius 1 is 0.939 bits per heavy atom. The van der Waals surface area contributed by atoms with E-state index in [9.17, 15) is 26.0 Å². The van der Waals surface area contributed by atoms with Crippen molar-refractivity contribution in [2.24, 2.45) is 0 Å². The van der Waals surface area contributed by atoms with Crippen LogP contribution in [0, 0.1) is 5.82 Å². The van der Waals surface area contributed by atoms with Crippen molar-refractivity contribution in [1.29, 1.82) is 0 Å². The summed E-state index contributed by atoms with van der Waals surface area (Å²) in [5, 5.41) is 0. The number of carbonyl (C=O) groups is 1. The summed E-state index contributed by atoms with van der Waals surface area (Å²) in [7, 11) is -4.68. The summed E-state index contributed by atoms with van der Waals surface area (Å²) in [6, 6.07) is 11.8. The molecule has 1 amide bonds. The van der Waals surface area contributed by atoms with Crippen molar-refractivity contribution in [2.45, 2.75) is 4.90 Å². The van der Waals surface area contributed by atoms with E-state index in [0.717, 1.165) is 14.9 Å². The van der Waals surface area contributed by atoms with Gasteiger partial charge in [0.1, 0.15) is 12.4 Å². The number of rotatable bonds is 7. The molecule has 0 aromatic heterocycles. The molecule has 9 nitrogen and oxygen atoms in total. The van der Waals surface area contributed by atoms with E-state index in [-0.39, 0.29) is 16.4 Å². The first-order valence-electron chi connectivity index (χ1n) is 10.2. The molecule has 0 N–H and O–H groups in total. The molecule has 33 heavy (non-hydrogen) atoms. The molecule has 1 saturated heterocycles. The summed E-state index contributed by atoms with van der Waals surface area (Å²) in [6.45, 7) is 1.07. The highest BCUT2D eigenvalue weighted by atomic mass is 32.2. The molecular weight excluding hydrogens is 471 g/mol. The van der Waals surface area contributed by atoms with E-state index in [1.165, 1.54) is 44.4 Å². The van der Waals surface area contributed by atoms with E-state index in [0.29, 0.717) is 31.9 Å². The summed E-state index contributed by atoms with van der Waals surface area (Å²) >= 11 is 0. The van der Waals surface area contributed by atoms with Crippen molar-refractivity contribution in [3.63, 3.8) is 0 Å². The SMILES string of the molecule is CN(C)S(=O)(=O)c1ccc(N(CC(=O)N2CCN(c3ccccc3F)CC2)S(C)(=O)=O)cc1. The first-order chi connectivity index (χ1) is 15.4. The molecule has 0 saturated carbocycles. The van der Waals surface area contributed by atoms with Crippen LogP contribution in [0.25, 0.3) is 0 Å². The Bertz CT molecular complexity index is 1210. The molecule has 2 aromatic carbocycles. The van der Waals surface area contributed by atoms with Gasteiger partial charge in [-0.1, -0.05) is 12.1 Å². The van der Waals surface area contributed by atoms with Gasteiger partial charge in [-0.3, -0.25) is 9.10 Å². The molecule has 12 heteroatoms. The Labute approximate surface area is 194 Å². The maximum Gasteiger partial charge on any atom is 0.243 e. The number of hydrogen-bond acceptors (Lipinski definition) is 6. The van der Waals surface area contributed by atoms with Crippen molar-refractivity contribution in [1.82, 2.24) is 9.21 Å². The summed E-state index contributed by atoms with van der Waals surface area (Å²) in [4.78, 5) is 16.3. The van der Waals surface area contributed by atoms with E-state index in [1.807, 2.05) is 4.90 Å². The second-order valence-corrected chi connectivity index (χ2v) is 11.9. The fraction of sp³-hybridized carbons (Fsp3) is 0.381. The zero-order chi connectivity index (χ0) is 24.4. The van der Waals surface area contributed by atoms with E-state index in [4.69, 9.17) is 0 Å². The largest absolute Gasteiger partial charge is 0.366 e. The van der Waals surface area contributed by atoms with Gasteiger partial charge >= 0.3 is 0 Å². The molecule has 0 spiro atoms. The number of sulfonamides is 2. The summed E-state index contributed by atoms with van der Waals surface area (Å²) in [5.41, 5.74) is 0.656. The Morgan fingerprint density at radius 2 is 1.52 bits per heavy atom. The van der Waals surface area contributed by atoms with E-state index in [2.05, 4.69) is 0 Å². The van der Waals surface area contributed by atoms with Gasteiger partial charge in [0.15, 0.2) is 0 Å². The van der Waals surface area contributed by atoms with Crippen molar-refractivity contribution in [3.8, 4) is 0 Å². The predicted molar refractivity (Wildman–Crippen MR) is 125 cm³/mol. The van der Waals surface area contributed by atoms with Gasteiger partial charge in [0, 0.05) is 40.3 Å². The van der Waals surface area contributed by atoms with Crippen LogP contribution in [0.2, 0.25) is 0 Å². The number of hydrogen-bond donors (Lipinski definition) is 0. The standard InChI is InChI=1S/C21H27FN4O5S2/c1-23(2)33(30,31)18-10-8-17(9-11-18)26(32(3,28)29)16-21(27)25-14-12-24(13-15-25)20-7-5-4-6-19(20)22/h4-11H,12-16H2,1-3H3. The van der Waals surface area contributed by atoms with Crippen LogP contribution in [-0.2, 0) is 24.8 Å². The number of halogens is 1. The lowest BCUT2D eigenvalue weighted by Gasteiger charge is -2.37. The van der Waals surface area contributed by atoms with Gasteiger partial charge in [0.25, 0.3) is 0 Å². The molecule has 3 rings (SSSR count). The third-order valence-corrected chi connectivity index (χ3v) is 8.38. The first-order valence-corrected chi connectivity index (χ1v) is 13.5. The van der Waals surface area contributed by atoms with Gasteiger partial charge in [0.2, 0.25) is 26.0 Å². The normalized spacial score (nSPS) is 15.1. The number of para-hydroxylation sites is 1. The molecule has 0 bridgehead atoms.